The SMILES string of the molecule is Cn1c(N2CCCCS2(=O)=O)nc(C(=O)NC(Cc2ccccc2)c2ccccc2)c(O)c1=O. The van der Waals surface area contributed by atoms with Crippen LogP contribution in [0.2, 0.25) is 0 Å². The summed E-state index contributed by atoms with van der Waals surface area (Å²) in [6.07, 6.45) is 1.58. The minimum atomic E-state index is -3.68. The van der Waals surface area contributed by atoms with Gasteiger partial charge in [-0.15, -0.1) is 0 Å². The molecule has 1 atom stereocenters. The Balaban J connectivity index is 1.71. The van der Waals surface area contributed by atoms with Crippen molar-refractivity contribution in [3.63, 3.8) is 0 Å². The summed E-state index contributed by atoms with van der Waals surface area (Å²) in [7, 11) is -2.36. The van der Waals surface area contributed by atoms with Crippen molar-refractivity contribution in [3.05, 3.63) is 87.8 Å². The first-order chi connectivity index (χ1) is 16.3. The molecule has 34 heavy (non-hydrogen) atoms. The molecule has 178 valence electrons. The van der Waals surface area contributed by atoms with Crippen LogP contribution in [0.15, 0.2) is 65.5 Å². The molecule has 4 rings (SSSR count). The summed E-state index contributed by atoms with van der Waals surface area (Å²) in [5.74, 6) is -1.86. The van der Waals surface area contributed by atoms with Crippen molar-refractivity contribution >= 4 is 21.9 Å². The van der Waals surface area contributed by atoms with Crippen molar-refractivity contribution < 1.29 is 18.3 Å². The Morgan fingerprint density at radius 3 is 2.38 bits per heavy atom. The largest absolute Gasteiger partial charge is 0.501 e. The molecule has 1 amide bonds. The van der Waals surface area contributed by atoms with Crippen molar-refractivity contribution in [1.29, 1.82) is 0 Å². The van der Waals surface area contributed by atoms with Gasteiger partial charge < -0.3 is 10.4 Å². The number of rotatable bonds is 6. The van der Waals surface area contributed by atoms with Crippen LogP contribution in [0.1, 0.15) is 40.5 Å². The van der Waals surface area contributed by atoms with Crippen molar-refractivity contribution in [2.45, 2.75) is 25.3 Å². The van der Waals surface area contributed by atoms with Crippen molar-refractivity contribution in [2.24, 2.45) is 7.05 Å². The lowest BCUT2D eigenvalue weighted by molar-refractivity contribution is 0.0927. The van der Waals surface area contributed by atoms with Gasteiger partial charge in [0.15, 0.2) is 5.69 Å². The van der Waals surface area contributed by atoms with E-state index in [1.807, 2.05) is 60.7 Å². The lowest BCUT2D eigenvalue weighted by Crippen LogP contribution is -2.42. The first kappa shape index (κ1) is 23.5. The summed E-state index contributed by atoms with van der Waals surface area (Å²) in [4.78, 5) is 30.1. The maximum absolute atomic E-state index is 13.2. The second-order valence-electron chi connectivity index (χ2n) is 8.19. The van der Waals surface area contributed by atoms with Crippen LogP contribution >= 0.6 is 0 Å². The number of aromatic hydroxyl groups is 1. The van der Waals surface area contributed by atoms with E-state index in [-0.39, 0.29) is 18.2 Å². The average molecular weight is 483 g/mol. The van der Waals surface area contributed by atoms with E-state index in [0.29, 0.717) is 19.3 Å². The normalized spacial score (nSPS) is 16.1. The average Bonchev–Trinajstić information content (AvgIpc) is 2.84. The van der Waals surface area contributed by atoms with Gasteiger partial charge in [0.25, 0.3) is 11.5 Å². The van der Waals surface area contributed by atoms with Gasteiger partial charge in [-0.3, -0.25) is 14.2 Å². The number of benzene rings is 2. The highest BCUT2D eigenvalue weighted by atomic mass is 32.2. The molecule has 0 spiro atoms. The van der Waals surface area contributed by atoms with Crippen molar-refractivity contribution in [1.82, 2.24) is 14.9 Å². The fraction of sp³-hybridized carbons (Fsp3) is 0.292. The number of aromatic nitrogens is 2. The first-order valence-electron chi connectivity index (χ1n) is 11.0. The minimum absolute atomic E-state index is 0.0710. The van der Waals surface area contributed by atoms with E-state index in [9.17, 15) is 23.1 Å². The molecule has 0 saturated carbocycles. The summed E-state index contributed by atoms with van der Waals surface area (Å²) < 4.78 is 27.2. The highest BCUT2D eigenvalue weighted by Gasteiger charge is 2.32. The van der Waals surface area contributed by atoms with Crippen LogP contribution in [0.25, 0.3) is 0 Å². The fourth-order valence-electron chi connectivity index (χ4n) is 3.99. The zero-order chi connectivity index (χ0) is 24.3. The summed E-state index contributed by atoms with van der Waals surface area (Å²) in [5.41, 5.74) is 0.419. The third-order valence-electron chi connectivity index (χ3n) is 5.82. The molecule has 1 aromatic heterocycles. The lowest BCUT2D eigenvalue weighted by Gasteiger charge is -2.28. The molecule has 1 aliphatic heterocycles. The van der Waals surface area contributed by atoms with E-state index in [4.69, 9.17) is 0 Å². The Labute approximate surface area is 197 Å². The molecule has 1 saturated heterocycles. The topological polar surface area (TPSA) is 122 Å². The Morgan fingerprint density at radius 2 is 1.74 bits per heavy atom. The molecule has 1 unspecified atom stereocenters. The van der Waals surface area contributed by atoms with Crippen LogP contribution in [0.5, 0.6) is 5.75 Å². The number of nitrogens with one attached hydrogen (secondary N) is 1. The number of nitrogens with zero attached hydrogens (tertiary/aromatic N) is 3. The predicted octanol–water partition coefficient (Wildman–Crippen LogP) is 2.13. The highest BCUT2D eigenvalue weighted by molar-refractivity contribution is 7.92. The minimum Gasteiger partial charge on any atom is -0.501 e. The zero-order valence-electron chi connectivity index (χ0n) is 18.7. The zero-order valence-corrected chi connectivity index (χ0v) is 19.5. The van der Waals surface area contributed by atoms with Crippen molar-refractivity contribution in [3.8, 4) is 5.75 Å². The first-order valence-corrected chi connectivity index (χ1v) is 12.6. The van der Waals surface area contributed by atoms with Gasteiger partial charge >= 0.3 is 0 Å². The van der Waals surface area contributed by atoms with Gasteiger partial charge in [0.2, 0.25) is 21.7 Å². The molecule has 2 N–H and O–H groups in total. The number of hydrogen-bond donors (Lipinski definition) is 2. The van der Waals surface area contributed by atoms with Crippen LogP contribution in [-0.4, -0.2) is 41.3 Å². The number of sulfonamides is 1. The van der Waals surface area contributed by atoms with E-state index < -0.39 is 39.0 Å². The molecular weight excluding hydrogens is 456 g/mol. The number of carbonyl (C=O) groups excluding carboxylic acids is 1. The molecule has 2 heterocycles. The van der Waals surface area contributed by atoms with Crippen LogP contribution in [0.3, 0.4) is 0 Å². The molecule has 1 aliphatic rings. The van der Waals surface area contributed by atoms with Gasteiger partial charge in [0.1, 0.15) is 0 Å². The number of carbonyl (C=O) groups is 1. The van der Waals surface area contributed by atoms with Crippen molar-refractivity contribution in [2.75, 3.05) is 16.6 Å². The van der Waals surface area contributed by atoms with E-state index in [1.54, 1.807) is 0 Å². The Hall–Kier alpha value is -3.66. The Bertz CT molecular complexity index is 1340. The molecule has 0 radical (unpaired) electrons. The second-order valence-corrected chi connectivity index (χ2v) is 10.2. The molecule has 0 bridgehead atoms. The molecule has 2 aromatic carbocycles. The van der Waals surface area contributed by atoms with Gasteiger partial charge in [-0.05, 0) is 30.4 Å². The van der Waals surface area contributed by atoms with E-state index in [1.165, 1.54) is 7.05 Å². The third kappa shape index (κ3) is 4.81. The second kappa shape index (κ2) is 9.68. The number of anilines is 1. The summed E-state index contributed by atoms with van der Waals surface area (Å²) >= 11 is 0. The fourth-order valence-corrected chi connectivity index (χ4v) is 5.60. The van der Waals surface area contributed by atoms with E-state index in [2.05, 4.69) is 10.3 Å². The van der Waals surface area contributed by atoms with Gasteiger partial charge in [-0.2, -0.15) is 0 Å². The molecular formula is C24H26N4O5S. The van der Waals surface area contributed by atoms with Gasteiger partial charge in [0.05, 0.1) is 11.8 Å². The molecule has 3 aromatic rings. The van der Waals surface area contributed by atoms with E-state index in [0.717, 1.165) is 20.0 Å². The smallest absolute Gasteiger partial charge is 0.297 e. The standard InChI is InChI=1S/C24H26N4O5S/c1-27-23(31)21(29)20(26-24(27)28-14-8-9-15-34(28,32)33)22(30)25-19(18-12-6-3-7-13-18)16-17-10-4-2-5-11-17/h2-7,10-13,19,29H,8-9,14-16H2,1H3,(H,25,30). The van der Waals surface area contributed by atoms with Gasteiger partial charge in [-0.25, -0.2) is 17.7 Å². The molecule has 9 nitrogen and oxygen atoms in total. The van der Waals surface area contributed by atoms with Crippen LogP contribution in [0.4, 0.5) is 5.95 Å². The maximum Gasteiger partial charge on any atom is 0.297 e. The molecule has 0 aliphatic carbocycles. The van der Waals surface area contributed by atoms with Crippen LogP contribution in [-0.2, 0) is 23.5 Å². The molecule has 1 fully saturated rings. The monoisotopic (exact) mass is 482 g/mol. The van der Waals surface area contributed by atoms with Gasteiger partial charge in [-0.1, -0.05) is 60.7 Å². The van der Waals surface area contributed by atoms with E-state index >= 15 is 0 Å². The summed E-state index contributed by atoms with van der Waals surface area (Å²) in [5, 5.41) is 13.3. The third-order valence-corrected chi connectivity index (χ3v) is 7.64. The number of hydrogen-bond acceptors (Lipinski definition) is 6. The van der Waals surface area contributed by atoms with Crippen LogP contribution < -0.4 is 15.2 Å². The Kier molecular flexibility index (Phi) is 6.69. The lowest BCUT2D eigenvalue weighted by atomic mass is 9.98. The predicted molar refractivity (Wildman–Crippen MR) is 128 cm³/mol. The summed E-state index contributed by atoms with van der Waals surface area (Å²) in [6, 6.07) is 18.4. The Morgan fingerprint density at radius 1 is 1.09 bits per heavy atom. The quantitative estimate of drug-likeness (QED) is 0.555. The number of amides is 1. The highest BCUT2D eigenvalue weighted by Crippen LogP contribution is 2.24. The summed E-state index contributed by atoms with van der Waals surface area (Å²) in [6.45, 7) is 0.148. The molecule has 10 heteroatoms. The van der Waals surface area contributed by atoms with Gasteiger partial charge in [0, 0.05) is 13.6 Å². The van der Waals surface area contributed by atoms with Crippen LogP contribution in [0, 0.1) is 0 Å². The maximum atomic E-state index is 13.2.